The summed E-state index contributed by atoms with van der Waals surface area (Å²) in [5, 5.41) is 0. The lowest BCUT2D eigenvalue weighted by molar-refractivity contribution is 0.0762. The van der Waals surface area contributed by atoms with Crippen LogP contribution in [0.15, 0.2) is 22.9 Å². The number of carbonyl (C=O) groups excluding carboxylic acids is 1. The zero-order valence-corrected chi connectivity index (χ0v) is 11.3. The van der Waals surface area contributed by atoms with Crippen molar-refractivity contribution >= 4 is 21.8 Å². The number of hydrogen-bond acceptors (Lipinski definition) is 2. The van der Waals surface area contributed by atoms with Crippen LogP contribution in [0.25, 0.3) is 0 Å². The maximum absolute atomic E-state index is 12.1. The highest BCUT2D eigenvalue weighted by Crippen LogP contribution is 2.11. The molecule has 0 aromatic carbocycles. The van der Waals surface area contributed by atoms with Crippen LogP contribution in [0.5, 0.6) is 0 Å². The van der Waals surface area contributed by atoms with Gasteiger partial charge in [-0.05, 0) is 41.4 Å². The van der Waals surface area contributed by atoms with Crippen molar-refractivity contribution in [3.8, 4) is 0 Å². The summed E-state index contributed by atoms with van der Waals surface area (Å²) < 4.78 is 0.699. The fraction of sp³-hybridized carbons (Fsp3) is 0.500. The van der Waals surface area contributed by atoms with E-state index in [4.69, 9.17) is 0 Å². The van der Waals surface area contributed by atoms with Crippen molar-refractivity contribution in [3.05, 3.63) is 28.5 Å². The first kappa shape index (κ1) is 13.2. The highest BCUT2D eigenvalue weighted by molar-refractivity contribution is 9.10. The number of rotatable bonds is 5. The second-order valence-electron chi connectivity index (χ2n) is 3.61. The predicted octanol–water partition coefficient (Wildman–Crippen LogP) is 3.11. The van der Waals surface area contributed by atoms with Gasteiger partial charge >= 0.3 is 0 Å². The van der Waals surface area contributed by atoms with Crippen LogP contribution >= 0.6 is 15.9 Å². The Morgan fingerprint density at radius 3 is 2.81 bits per heavy atom. The Morgan fingerprint density at radius 1 is 1.50 bits per heavy atom. The standard InChI is InChI=1S/C12H17BrN2O/c1-3-5-8-15(4-2)12(16)10-6-7-14-11(13)9-10/h6-7,9H,3-5,8H2,1-2H3. The summed E-state index contributed by atoms with van der Waals surface area (Å²) in [5.41, 5.74) is 0.694. The summed E-state index contributed by atoms with van der Waals surface area (Å²) in [6.45, 7) is 5.70. The smallest absolute Gasteiger partial charge is 0.253 e. The maximum Gasteiger partial charge on any atom is 0.253 e. The van der Waals surface area contributed by atoms with Gasteiger partial charge in [0.25, 0.3) is 5.91 Å². The van der Waals surface area contributed by atoms with E-state index in [2.05, 4.69) is 27.8 Å². The summed E-state index contributed by atoms with van der Waals surface area (Å²) in [6, 6.07) is 3.51. The molecule has 0 atom stereocenters. The number of amides is 1. The third kappa shape index (κ3) is 3.59. The molecule has 4 heteroatoms. The van der Waals surface area contributed by atoms with Gasteiger partial charge in [-0.1, -0.05) is 13.3 Å². The van der Waals surface area contributed by atoms with Crippen molar-refractivity contribution < 1.29 is 4.79 Å². The lowest BCUT2D eigenvalue weighted by Crippen LogP contribution is -2.31. The van der Waals surface area contributed by atoms with Gasteiger partial charge in [0, 0.05) is 24.8 Å². The number of halogens is 1. The second-order valence-corrected chi connectivity index (χ2v) is 4.42. The first-order valence-corrected chi connectivity index (χ1v) is 6.39. The van der Waals surface area contributed by atoms with Gasteiger partial charge in [0.2, 0.25) is 0 Å². The number of hydrogen-bond donors (Lipinski definition) is 0. The fourth-order valence-electron chi connectivity index (χ4n) is 1.47. The van der Waals surface area contributed by atoms with Crippen molar-refractivity contribution in [2.75, 3.05) is 13.1 Å². The SMILES string of the molecule is CCCCN(CC)C(=O)c1ccnc(Br)c1. The molecule has 0 aliphatic rings. The van der Waals surface area contributed by atoms with Crippen molar-refractivity contribution in [3.63, 3.8) is 0 Å². The molecule has 0 saturated heterocycles. The topological polar surface area (TPSA) is 33.2 Å². The predicted molar refractivity (Wildman–Crippen MR) is 68.4 cm³/mol. The molecule has 1 aromatic heterocycles. The molecule has 0 N–H and O–H groups in total. The van der Waals surface area contributed by atoms with Gasteiger partial charge in [-0.25, -0.2) is 4.98 Å². The van der Waals surface area contributed by atoms with Crippen molar-refractivity contribution in [2.24, 2.45) is 0 Å². The van der Waals surface area contributed by atoms with Gasteiger partial charge in [-0.3, -0.25) is 4.79 Å². The molecule has 1 aromatic rings. The summed E-state index contributed by atoms with van der Waals surface area (Å²) in [5.74, 6) is 0.0825. The highest BCUT2D eigenvalue weighted by atomic mass is 79.9. The van der Waals surface area contributed by atoms with Gasteiger partial charge in [0.1, 0.15) is 4.60 Å². The maximum atomic E-state index is 12.1. The van der Waals surface area contributed by atoms with Crippen LogP contribution in [-0.4, -0.2) is 28.9 Å². The van der Waals surface area contributed by atoms with Crippen LogP contribution in [0, 0.1) is 0 Å². The average Bonchev–Trinajstić information content (AvgIpc) is 2.29. The number of aromatic nitrogens is 1. The molecule has 0 aliphatic carbocycles. The van der Waals surface area contributed by atoms with E-state index < -0.39 is 0 Å². The Morgan fingerprint density at radius 2 is 2.25 bits per heavy atom. The summed E-state index contributed by atoms with van der Waals surface area (Å²) >= 11 is 3.27. The third-order valence-corrected chi connectivity index (χ3v) is 2.86. The van der Waals surface area contributed by atoms with Crippen LogP contribution in [0.2, 0.25) is 0 Å². The molecule has 88 valence electrons. The monoisotopic (exact) mass is 284 g/mol. The molecular formula is C12H17BrN2O. The van der Waals surface area contributed by atoms with Gasteiger partial charge in [0.15, 0.2) is 0 Å². The number of pyridine rings is 1. The van der Waals surface area contributed by atoms with E-state index >= 15 is 0 Å². The molecule has 0 saturated carbocycles. The number of unbranched alkanes of at least 4 members (excludes halogenated alkanes) is 1. The van der Waals surface area contributed by atoms with E-state index in [0.717, 1.165) is 25.9 Å². The molecule has 0 aliphatic heterocycles. The Balaban J connectivity index is 2.74. The van der Waals surface area contributed by atoms with Crippen LogP contribution in [0.4, 0.5) is 0 Å². The zero-order valence-electron chi connectivity index (χ0n) is 9.74. The summed E-state index contributed by atoms with van der Waals surface area (Å²) in [6.07, 6.45) is 3.79. The minimum absolute atomic E-state index is 0.0825. The minimum Gasteiger partial charge on any atom is -0.339 e. The molecule has 3 nitrogen and oxygen atoms in total. The van der Waals surface area contributed by atoms with E-state index in [-0.39, 0.29) is 5.91 Å². The Kier molecular flexibility index (Phi) is 5.46. The highest BCUT2D eigenvalue weighted by Gasteiger charge is 2.13. The molecule has 0 radical (unpaired) electrons. The molecule has 1 amide bonds. The molecule has 1 heterocycles. The molecule has 16 heavy (non-hydrogen) atoms. The average molecular weight is 285 g/mol. The van der Waals surface area contributed by atoms with Crippen LogP contribution in [0.1, 0.15) is 37.0 Å². The van der Waals surface area contributed by atoms with E-state index in [1.807, 2.05) is 11.8 Å². The van der Waals surface area contributed by atoms with Gasteiger partial charge in [0.05, 0.1) is 0 Å². The second kappa shape index (κ2) is 6.63. The Labute approximate surface area is 105 Å². The van der Waals surface area contributed by atoms with E-state index in [1.54, 1.807) is 18.3 Å². The van der Waals surface area contributed by atoms with Gasteiger partial charge < -0.3 is 4.90 Å². The molecule has 0 unspecified atom stereocenters. The Hall–Kier alpha value is -0.900. The van der Waals surface area contributed by atoms with E-state index in [9.17, 15) is 4.79 Å². The van der Waals surface area contributed by atoms with Gasteiger partial charge in [-0.15, -0.1) is 0 Å². The quantitative estimate of drug-likeness (QED) is 0.779. The molecule has 1 rings (SSSR count). The molecule has 0 spiro atoms. The van der Waals surface area contributed by atoms with E-state index in [1.165, 1.54) is 0 Å². The zero-order chi connectivity index (χ0) is 12.0. The van der Waals surface area contributed by atoms with Crippen LogP contribution < -0.4 is 0 Å². The van der Waals surface area contributed by atoms with Crippen LogP contribution in [-0.2, 0) is 0 Å². The first-order valence-electron chi connectivity index (χ1n) is 5.59. The van der Waals surface area contributed by atoms with Crippen molar-refractivity contribution in [2.45, 2.75) is 26.7 Å². The lowest BCUT2D eigenvalue weighted by atomic mass is 10.2. The molecular weight excluding hydrogens is 268 g/mol. The van der Waals surface area contributed by atoms with E-state index in [0.29, 0.717) is 10.2 Å². The summed E-state index contributed by atoms with van der Waals surface area (Å²) in [4.78, 5) is 18.0. The minimum atomic E-state index is 0.0825. The Bertz CT molecular complexity index is 355. The molecule has 0 bridgehead atoms. The van der Waals surface area contributed by atoms with Crippen molar-refractivity contribution in [1.29, 1.82) is 0 Å². The number of nitrogens with zero attached hydrogens (tertiary/aromatic N) is 2. The summed E-state index contributed by atoms with van der Waals surface area (Å²) in [7, 11) is 0. The van der Waals surface area contributed by atoms with Crippen molar-refractivity contribution in [1.82, 2.24) is 9.88 Å². The lowest BCUT2D eigenvalue weighted by Gasteiger charge is -2.20. The van der Waals surface area contributed by atoms with Gasteiger partial charge in [-0.2, -0.15) is 0 Å². The van der Waals surface area contributed by atoms with Crippen LogP contribution in [0.3, 0.4) is 0 Å². The first-order chi connectivity index (χ1) is 7.69. The fourth-order valence-corrected chi connectivity index (χ4v) is 1.84. The molecule has 0 fully saturated rings. The normalized spacial score (nSPS) is 10.2. The number of carbonyl (C=O) groups is 1. The largest absolute Gasteiger partial charge is 0.339 e. The third-order valence-electron chi connectivity index (χ3n) is 2.42.